The van der Waals surface area contributed by atoms with Gasteiger partial charge in [0, 0.05) is 44.5 Å². The van der Waals surface area contributed by atoms with Gasteiger partial charge in [0.15, 0.2) is 6.29 Å². The Kier molecular flexibility index (Phi) is 22.1. The summed E-state index contributed by atoms with van der Waals surface area (Å²) in [7, 11) is 0. The molecule has 4 atom stereocenters. The van der Waals surface area contributed by atoms with Crippen LogP contribution in [-0.4, -0.2) is 54.1 Å². The van der Waals surface area contributed by atoms with E-state index in [1.165, 1.54) is 84.0 Å². The molecule has 0 radical (unpaired) electrons. The van der Waals surface area contributed by atoms with E-state index in [4.69, 9.17) is 9.47 Å². The van der Waals surface area contributed by atoms with Crippen LogP contribution < -0.4 is 10.6 Å². The summed E-state index contributed by atoms with van der Waals surface area (Å²) in [6, 6.07) is 25.1. The minimum Gasteiger partial charge on any atom is -0.392 e. The third-order valence-corrected chi connectivity index (χ3v) is 11.6. The van der Waals surface area contributed by atoms with Gasteiger partial charge in [0.25, 0.3) is 0 Å². The monoisotopic (exact) mass is 798 g/mol. The Labute approximate surface area is 350 Å². The van der Waals surface area contributed by atoms with Crippen LogP contribution in [0.1, 0.15) is 165 Å². The molecule has 0 aromatic heterocycles. The van der Waals surface area contributed by atoms with Crippen LogP contribution in [0.5, 0.6) is 0 Å². The van der Waals surface area contributed by atoms with Gasteiger partial charge in [-0.1, -0.05) is 152 Å². The molecule has 1 heterocycles. The standard InChI is InChI=1S/C50H75N3O5/c1-5-7-9-11-13-18-32-53(33-19-14-12-10-8-6-2)37-47-39(3)49(43-29-27-41(38-54)28-30-43)58-50(57-47)46-25-21-24-45(35-46)44-23-20-22-42(34-44)36-52-48(56)26-16-15-17-31-51-40(4)55/h20-25,27-30,34-35,39,47,49-50,54H,5-19,26,31-33,36-38H2,1-4H3,(H,51,55)(H,52,56)/t39-,47+,49+,50+/m0/s1. The SMILES string of the molecule is CCCCCCCCN(CCCCCCCC)C[C@H]1O[C@@H](c2cccc(-c3cccc(CNC(=O)CCCCCNC(C)=O)c3)c2)O[C@@H](c2ccc(CO)cc2)[C@H]1C. The molecule has 3 N–H and O–H groups in total. The van der Waals surface area contributed by atoms with Crippen LogP contribution in [0.15, 0.2) is 72.8 Å². The fourth-order valence-corrected chi connectivity index (χ4v) is 7.97. The number of aliphatic hydroxyl groups excluding tert-OH is 1. The van der Waals surface area contributed by atoms with Crippen LogP contribution in [0.4, 0.5) is 0 Å². The highest BCUT2D eigenvalue weighted by atomic mass is 16.7. The topological polar surface area (TPSA) is 100 Å². The van der Waals surface area contributed by atoms with Gasteiger partial charge in [0.2, 0.25) is 11.8 Å². The third kappa shape index (κ3) is 17.0. The quantitative estimate of drug-likeness (QED) is 0.0633. The minimum atomic E-state index is -0.533. The molecule has 2 amide bonds. The molecular formula is C50H75N3O5. The highest BCUT2D eigenvalue weighted by molar-refractivity contribution is 5.76. The Bertz CT molecular complexity index is 1580. The number of nitrogens with one attached hydrogen (secondary N) is 2. The van der Waals surface area contributed by atoms with Crippen molar-refractivity contribution in [2.45, 2.75) is 162 Å². The lowest BCUT2D eigenvalue weighted by molar-refractivity contribution is -0.276. The van der Waals surface area contributed by atoms with Crippen molar-refractivity contribution in [2.24, 2.45) is 5.92 Å². The molecular weight excluding hydrogens is 723 g/mol. The fraction of sp³-hybridized carbons (Fsp3) is 0.600. The predicted octanol–water partition coefficient (Wildman–Crippen LogP) is 11.0. The van der Waals surface area contributed by atoms with Gasteiger partial charge in [-0.25, -0.2) is 0 Å². The highest BCUT2D eigenvalue weighted by Gasteiger charge is 2.39. The average Bonchev–Trinajstić information content (AvgIpc) is 3.24. The molecule has 0 aliphatic carbocycles. The Morgan fingerprint density at radius 1 is 0.672 bits per heavy atom. The van der Waals surface area contributed by atoms with Crippen LogP contribution in [0, 0.1) is 5.92 Å². The molecule has 320 valence electrons. The molecule has 8 nitrogen and oxygen atoms in total. The molecule has 0 unspecified atom stereocenters. The number of hydrogen-bond acceptors (Lipinski definition) is 6. The zero-order chi connectivity index (χ0) is 41.4. The number of carbonyl (C=O) groups excluding carboxylic acids is 2. The Morgan fingerprint density at radius 2 is 1.29 bits per heavy atom. The molecule has 1 aliphatic heterocycles. The van der Waals surface area contributed by atoms with E-state index in [2.05, 4.69) is 90.9 Å². The first-order valence-electron chi connectivity index (χ1n) is 22.7. The molecule has 8 heteroatoms. The largest absolute Gasteiger partial charge is 0.392 e. The van der Waals surface area contributed by atoms with E-state index < -0.39 is 6.29 Å². The van der Waals surface area contributed by atoms with Crippen molar-refractivity contribution in [1.29, 1.82) is 0 Å². The highest BCUT2D eigenvalue weighted by Crippen LogP contribution is 2.42. The summed E-state index contributed by atoms with van der Waals surface area (Å²) in [5.41, 5.74) is 6.18. The van der Waals surface area contributed by atoms with Gasteiger partial charge in [0.05, 0.1) is 18.8 Å². The molecule has 58 heavy (non-hydrogen) atoms. The normalized spacial score (nSPS) is 18.0. The maximum absolute atomic E-state index is 12.6. The zero-order valence-electron chi connectivity index (χ0n) is 36.3. The van der Waals surface area contributed by atoms with Gasteiger partial charge < -0.3 is 30.1 Å². The van der Waals surface area contributed by atoms with E-state index in [1.807, 2.05) is 18.2 Å². The van der Waals surface area contributed by atoms with E-state index in [0.717, 1.165) is 72.3 Å². The van der Waals surface area contributed by atoms with Crippen molar-refractivity contribution in [2.75, 3.05) is 26.2 Å². The lowest BCUT2D eigenvalue weighted by Crippen LogP contribution is -2.45. The summed E-state index contributed by atoms with van der Waals surface area (Å²) in [6.07, 6.45) is 17.8. The van der Waals surface area contributed by atoms with Gasteiger partial charge in [0.1, 0.15) is 0 Å². The maximum Gasteiger partial charge on any atom is 0.220 e. The number of ether oxygens (including phenoxy) is 2. The number of nitrogens with zero attached hydrogens (tertiary/aromatic N) is 1. The molecule has 3 aromatic carbocycles. The van der Waals surface area contributed by atoms with Gasteiger partial charge >= 0.3 is 0 Å². The number of unbranched alkanes of at least 4 members (excludes halogenated alkanes) is 12. The van der Waals surface area contributed by atoms with E-state index in [0.29, 0.717) is 19.5 Å². The summed E-state index contributed by atoms with van der Waals surface area (Å²) in [5.74, 6) is 0.155. The van der Waals surface area contributed by atoms with Crippen molar-refractivity contribution in [3.05, 3.63) is 95.1 Å². The lowest BCUT2D eigenvalue weighted by Gasteiger charge is -2.43. The molecule has 1 saturated heterocycles. The van der Waals surface area contributed by atoms with Gasteiger partial charge in [-0.05, 0) is 78.7 Å². The number of hydrogen-bond donors (Lipinski definition) is 3. The van der Waals surface area contributed by atoms with E-state index in [9.17, 15) is 14.7 Å². The van der Waals surface area contributed by atoms with E-state index >= 15 is 0 Å². The number of rotatable bonds is 28. The minimum absolute atomic E-state index is 0.0179. The molecule has 1 fully saturated rings. The van der Waals surface area contributed by atoms with Gasteiger partial charge in [-0.2, -0.15) is 0 Å². The molecule has 3 aromatic rings. The zero-order valence-corrected chi connectivity index (χ0v) is 36.3. The van der Waals surface area contributed by atoms with Crippen molar-refractivity contribution in [3.63, 3.8) is 0 Å². The van der Waals surface area contributed by atoms with Gasteiger partial charge in [-0.3, -0.25) is 9.59 Å². The molecule has 0 spiro atoms. The van der Waals surface area contributed by atoms with Crippen molar-refractivity contribution in [3.8, 4) is 11.1 Å². The number of benzene rings is 3. The van der Waals surface area contributed by atoms with Crippen LogP contribution in [0.2, 0.25) is 0 Å². The van der Waals surface area contributed by atoms with Crippen LogP contribution in [0.25, 0.3) is 11.1 Å². The maximum atomic E-state index is 12.6. The summed E-state index contributed by atoms with van der Waals surface area (Å²) in [4.78, 5) is 26.3. The molecule has 0 saturated carbocycles. The molecule has 0 bridgehead atoms. The Hall–Kier alpha value is -3.56. The Balaban J connectivity index is 1.47. The van der Waals surface area contributed by atoms with E-state index in [1.54, 1.807) is 0 Å². The third-order valence-electron chi connectivity index (χ3n) is 11.6. The Morgan fingerprint density at radius 3 is 1.95 bits per heavy atom. The second-order valence-corrected chi connectivity index (χ2v) is 16.6. The summed E-state index contributed by atoms with van der Waals surface area (Å²) in [5, 5.41) is 15.6. The summed E-state index contributed by atoms with van der Waals surface area (Å²) in [6.45, 7) is 12.6. The van der Waals surface area contributed by atoms with Crippen LogP contribution in [0.3, 0.4) is 0 Å². The van der Waals surface area contributed by atoms with E-state index in [-0.39, 0.29) is 36.5 Å². The molecule has 1 aliphatic rings. The fourth-order valence-electron chi connectivity index (χ4n) is 7.97. The van der Waals surface area contributed by atoms with Gasteiger partial charge in [-0.15, -0.1) is 0 Å². The van der Waals surface area contributed by atoms with Crippen molar-refractivity contribution < 1.29 is 24.2 Å². The van der Waals surface area contributed by atoms with Crippen molar-refractivity contribution >= 4 is 11.8 Å². The smallest absolute Gasteiger partial charge is 0.220 e. The first-order chi connectivity index (χ1) is 28.3. The van der Waals surface area contributed by atoms with Crippen LogP contribution in [-0.2, 0) is 32.2 Å². The van der Waals surface area contributed by atoms with Crippen molar-refractivity contribution in [1.82, 2.24) is 15.5 Å². The molecule has 4 rings (SSSR count). The summed E-state index contributed by atoms with van der Waals surface area (Å²) >= 11 is 0. The second-order valence-electron chi connectivity index (χ2n) is 16.6. The number of amides is 2. The lowest BCUT2D eigenvalue weighted by atomic mass is 9.89. The predicted molar refractivity (Wildman–Crippen MR) is 237 cm³/mol. The summed E-state index contributed by atoms with van der Waals surface area (Å²) < 4.78 is 13.9. The average molecular weight is 798 g/mol. The first kappa shape index (κ1) is 47.1. The number of aliphatic hydroxyl groups is 1. The van der Waals surface area contributed by atoms with Crippen LogP contribution >= 0.6 is 0 Å². The number of carbonyl (C=O) groups is 2. The second kappa shape index (κ2) is 27.2. The first-order valence-corrected chi connectivity index (χ1v) is 22.7.